The summed E-state index contributed by atoms with van der Waals surface area (Å²) in [4.78, 5) is 5.36. The van der Waals surface area contributed by atoms with Gasteiger partial charge in [-0.1, -0.05) is 42.5 Å². The Kier molecular flexibility index (Phi) is 2.57. The second-order valence-electron chi connectivity index (χ2n) is 3.90. The molecule has 3 aromatic rings. The number of pyridine rings is 1. The molecule has 0 saturated heterocycles. The number of hydrogen-bond acceptors (Lipinski definition) is 2. The molecule has 17 heavy (non-hydrogen) atoms. The lowest BCUT2D eigenvalue weighted by Gasteiger charge is -2.07. The van der Waals surface area contributed by atoms with Gasteiger partial charge in [0, 0.05) is 16.7 Å². The zero-order valence-electron chi connectivity index (χ0n) is 9.17. The van der Waals surface area contributed by atoms with E-state index in [1.54, 1.807) is 6.20 Å². The number of hydrogen-bond donors (Lipinski definition) is 1. The standard InChI is InChI=1S/C15H11NS/c17-15-12-6-2-1-5-11(12)8-9-13(15)14-7-3-4-10-16-14/h1-10,17H. The van der Waals surface area contributed by atoms with E-state index in [1.807, 2.05) is 30.3 Å². The molecule has 0 aliphatic heterocycles. The van der Waals surface area contributed by atoms with Crippen molar-refractivity contribution in [1.29, 1.82) is 0 Å². The first-order valence-corrected chi connectivity index (χ1v) is 5.93. The Morgan fingerprint density at radius 2 is 1.65 bits per heavy atom. The maximum Gasteiger partial charge on any atom is 0.0713 e. The molecule has 82 valence electrons. The van der Waals surface area contributed by atoms with Crippen LogP contribution < -0.4 is 0 Å². The normalized spacial score (nSPS) is 10.6. The van der Waals surface area contributed by atoms with E-state index in [-0.39, 0.29) is 0 Å². The zero-order chi connectivity index (χ0) is 11.7. The third kappa shape index (κ3) is 1.81. The van der Waals surface area contributed by atoms with Crippen LogP contribution in [0.3, 0.4) is 0 Å². The maximum atomic E-state index is 4.64. The molecule has 0 bridgehead atoms. The molecule has 1 aromatic heterocycles. The highest BCUT2D eigenvalue weighted by molar-refractivity contribution is 7.80. The number of benzene rings is 2. The van der Waals surface area contributed by atoms with Crippen LogP contribution in [0.15, 0.2) is 65.7 Å². The summed E-state index contributed by atoms with van der Waals surface area (Å²) in [5, 5.41) is 2.37. The molecule has 0 fully saturated rings. The smallest absolute Gasteiger partial charge is 0.0713 e. The van der Waals surface area contributed by atoms with Crippen molar-refractivity contribution in [3.05, 3.63) is 60.8 Å². The second-order valence-corrected chi connectivity index (χ2v) is 4.35. The van der Waals surface area contributed by atoms with E-state index in [1.165, 1.54) is 10.8 Å². The molecular weight excluding hydrogens is 226 g/mol. The van der Waals surface area contributed by atoms with Crippen LogP contribution >= 0.6 is 12.6 Å². The quantitative estimate of drug-likeness (QED) is 0.626. The molecule has 0 N–H and O–H groups in total. The van der Waals surface area contributed by atoms with Crippen LogP contribution in [-0.4, -0.2) is 4.98 Å². The molecule has 0 aliphatic rings. The van der Waals surface area contributed by atoms with E-state index in [4.69, 9.17) is 0 Å². The highest BCUT2D eigenvalue weighted by Crippen LogP contribution is 2.31. The largest absolute Gasteiger partial charge is 0.256 e. The minimum atomic E-state index is 0.961. The van der Waals surface area contributed by atoms with Crippen LogP contribution in [0.25, 0.3) is 22.0 Å². The number of thiol groups is 1. The van der Waals surface area contributed by atoms with Crippen LogP contribution in [0.4, 0.5) is 0 Å². The summed E-state index contributed by atoms with van der Waals surface area (Å²) in [6.45, 7) is 0. The van der Waals surface area contributed by atoms with Gasteiger partial charge in [0.15, 0.2) is 0 Å². The predicted octanol–water partition coefficient (Wildman–Crippen LogP) is 4.19. The molecule has 1 nitrogen and oxygen atoms in total. The van der Waals surface area contributed by atoms with Gasteiger partial charge in [-0.3, -0.25) is 4.98 Å². The lowest BCUT2D eigenvalue weighted by atomic mass is 10.0. The summed E-state index contributed by atoms with van der Waals surface area (Å²) >= 11 is 4.64. The molecule has 0 radical (unpaired) electrons. The van der Waals surface area contributed by atoms with E-state index in [9.17, 15) is 0 Å². The monoisotopic (exact) mass is 237 g/mol. The molecule has 0 spiro atoms. The van der Waals surface area contributed by atoms with Crippen LogP contribution in [0.2, 0.25) is 0 Å². The van der Waals surface area contributed by atoms with Crippen LogP contribution in [-0.2, 0) is 0 Å². The summed E-state index contributed by atoms with van der Waals surface area (Å²) in [6, 6.07) is 18.4. The van der Waals surface area contributed by atoms with Crippen molar-refractivity contribution in [1.82, 2.24) is 4.98 Å². The van der Waals surface area contributed by atoms with E-state index < -0.39 is 0 Å². The van der Waals surface area contributed by atoms with Crippen molar-refractivity contribution in [3.8, 4) is 11.3 Å². The Balaban J connectivity index is 2.29. The number of aromatic nitrogens is 1. The summed E-state index contributed by atoms with van der Waals surface area (Å²) in [5.41, 5.74) is 2.04. The Labute approximate surface area is 106 Å². The fraction of sp³-hybridized carbons (Fsp3) is 0. The Morgan fingerprint density at radius 1 is 0.824 bits per heavy atom. The molecule has 0 amide bonds. The predicted molar refractivity (Wildman–Crippen MR) is 74.4 cm³/mol. The molecular formula is C15H11NS. The zero-order valence-corrected chi connectivity index (χ0v) is 10.1. The number of nitrogens with zero attached hydrogens (tertiary/aromatic N) is 1. The topological polar surface area (TPSA) is 12.9 Å². The first-order chi connectivity index (χ1) is 8.36. The van der Waals surface area contributed by atoms with Gasteiger partial charge in [0.1, 0.15) is 0 Å². The van der Waals surface area contributed by atoms with E-state index >= 15 is 0 Å². The first-order valence-electron chi connectivity index (χ1n) is 5.48. The number of fused-ring (bicyclic) bond motifs is 1. The highest BCUT2D eigenvalue weighted by Gasteiger charge is 2.06. The van der Waals surface area contributed by atoms with Crippen molar-refractivity contribution < 1.29 is 0 Å². The van der Waals surface area contributed by atoms with Crippen molar-refractivity contribution >= 4 is 23.4 Å². The maximum absolute atomic E-state index is 4.64. The third-order valence-corrected chi connectivity index (χ3v) is 3.32. The van der Waals surface area contributed by atoms with Crippen molar-refractivity contribution in [2.75, 3.05) is 0 Å². The summed E-state index contributed by atoms with van der Waals surface area (Å²) in [5.74, 6) is 0. The lowest BCUT2D eigenvalue weighted by Crippen LogP contribution is -1.85. The third-order valence-electron chi connectivity index (χ3n) is 2.84. The van der Waals surface area contributed by atoms with Gasteiger partial charge in [0.2, 0.25) is 0 Å². The van der Waals surface area contributed by atoms with Crippen LogP contribution in [0, 0.1) is 0 Å². The van der Waals surface area contributed by atoms with Crippen molar-refractivity contribution in [2.45, 2.75) is 4.90 Å². The second kappa shape index (κ2) is 4.22. The molecule has 0 atom stereocenters. The van der Waals surface area contributed by atoms with Gasteiger partial charge in [-0.2, -0.15) is 0 Å². The summed E-state index contributed by atoms with van der Waals surface area (Å²) < 4.78 is 0. The summed E-state index contributed by atoms with van der Waals surface area (Å²) in [7, 11) is 0. The van der Waals surface area contributed by atoms with Gasteiger partial charge >= 0.3 is 0 Å². The summed E-state index contributed by atoms with van der Waals surface area (Å²) in [6.07, 6.45) is 1.80. The Hall–Kier alpha value is -1.80. The minimum Gasteiger partial charge on any atom is -0.256 e. The first kappa shape index (κ1) is 10.4. The van der Waals surface area contributed by atoms with E-state index in [0.717, 1.165) is 16.2 Å². The van der Waals surface area contributed by atoms with Gasteiger partial charge in [-0.05, 0) is 22.9 Å². The van der Waals surface area contributed by atoms with Gasteiger partial charge in [0.25, 0.3) is 0 Å². The SMILES string of the molecule is Sc1c(-c2ccccn2)ccc2ccccc12. The van der Waals surface area contributed by atoms with Crippen LogP contribution in [0.5, 0.6) is 0 Å². The van der Waals surface area contributed by atoms with Gasteiger partial charge in [-0.25, -0.2) is 0 Å². The average molecular weight is 237 g/mol. The minimum absolute atomic E-state index is 0.961. The highest BCUT2D eigenvalue weighted by atomic mass is 32.1. The molecule has 3 rings (SSSR count). The van der Waals surface area contributed by atoms with Gasteiger partial charge in [0.05, 0.1) is 5.69 Å². The fourth-order valence-corrected chi connectivity index (χ4v) is 2.38. The van der Waals surface area contributed by atoms with Gasteiger partial charge in [-0.15, -0.1) is 12.6 Å². The Bertz CT molecular complexity index is 662. The van der Waals surface area contributed by atoms with Gasteiger partial charge < -0.3 is 0 Å². The molecule has 1 heterocycles. The molecule has 0 aliphatic carbocycles. The van der Waals surface area contributed by atoms with Crippen LogP contribution in [0.1, 0.15) is 0 Å². The Morgan fingerprint density at radius 3 is 2.47 bits per heavy atom. The van der Waals surface area contributed by atoms with Crippen molar-refractivity contribution in [3.63, 3.8) is 0 Å². The molecule has 2 heteroatoms. The average Bonchev–Trinajstić information content (AvgIpc) is 2.40. The fourth-order valence-electron chi connectivity index (χ4n) is 1.98. The molecule has 0 unspecified atom stereocenters. The molecule has 0 saturated carbocycles. The van der Waals surface area contributed by atoms with E-state index in [2.05, 4.69) is 41.9 Å². The molecule has 2 aromatic carbocycles. The van der Waals surface area contributed by atoms with E-state index in [0.29, 0.717) is 0 Å². The number of rotatable bonds is 1. The lowest BCUT2D eigenvalue weighted by molar-refractivity contribution is 1.31. The van der Waals surface area contributed by atoms with Crippen molar-refractivity contribution in [2.24, 2.45) is 0 Å².